The van der Waals surface area contributed by atoms with Crippen molar-refractivity contribution in [2.24, 2.45) is 5.92 Å². The van der Waals surface area contributed by atoms with E-state index in [1.807, 2.05) is 30.3 Å². The number of hydrogen-bond acceptors (Lipinski definition) is 4. The van der Waals surface area contributed by atoms with Crippen molar-refractivity contribution in [1.29, 1.82) is 0 Å². The molecule has 0 aromatic heterocycles. The standard InChI is InChI=1S/C24H32N4O4/c1-2-16-10-12-24(13-11-16)22(31)28(23(32)27-24)15-20(29)26-19(21(30)25-18-8-9-18)14-17-6-4-3-5-7-17/h3-7,16,18-19H,2,8-15H2,1H3,(H,25,30)(H,26,29)(H,27,32). The van der Waals surface area contributed by atoms with Crippen LogP contribution in [-0.2, 0) is 20.8 Å². The van der Waals surface area contributed by atoms with Gasteiger partial charge < -0.3 is 16.0 Å². The maximum atomic E-state index is 13.1. The first kappa shape index (κ1) is 22.3. The van der Waals surface area contributed by atoms with E-state index in [9.17, 15) is 19.2 Å². The Morgan fingerprint density at radius 3 is 2.44 bits per heavy atom. The summed E-state index contributed by atoms with van der Waals surface area (Å²) < 4.78 is 0. The summed E-state index contributed by atoms with van der Waals surface area (Å²) in [7, 11) is 0. The highest BCUT2D eigenvalue weighted by atomic mass is 16.2. The van der Waals surface area contributed by atoms with Crippen molar-refractivity contribution in [3.63, 3.8) is 0 Å². The molecular formula is C24H32N4O4. The van der Waals surface area contributed by atoms with Crippen molar-refractivity contribution < 1.29 is 19.2 Å². The number of benzene rings is 1. The number of carbonyl (C=O) groups is 4. The Morgan fingerprint density at radius 2 is 1.81 bits per heavy atom. The number of nitrogens with one attached hydrogen (secondary N) is 3. The molecular weight excluding hydrogens is 408 g/mol. The average Bonchev–Trinajstić information content (AvgIpc) is 3.58. The van der Waals surface area contributed by atoms with Gasteiger partial charge in [0.05, 0.1) is 0 Å². The molecule has 1 unspecified atom stereocenters. The van der Waals surface area contributed by atoms with E-state index >= 15 is 0 Å². The van der Waals surface area contributed by atoms with Crippen LogP contribution in [0.4, 0.5) is 4.79 Å². The summed E-state index contributed by atoms with van der Waals surface area (Å²) in [4.78, 5) is 52.1. The molecule has 8 heteroatoms. The second-order valence-electron chi connectivity index (χ2n) is 9.35. The monoisotopic (exact) mass is 440 g/mol. The number of amides is 5. The minimum Gasteiger partial charge on any atom is -0.352 e. The SMILES string of the molecule is CCC1CCC2(CC1)NC(=O)N(CC(=O)NC(Cc1ccccc1)C(=O)NC1CC1)C2=O. The molecule has 1 aromatic rings. The Kier molecular flexibility index (Phi) is 6.48. The first-order chi connectivity index (χ1) is 15.4. The van der Waals surface area contributed by atoms with Gasteiger partial charge in [-0.2, -0.15) is 0 Å². The first-order valence-corrected chi connectivity index (χ1v) is 11.7. The molecule has 4 rings (SSSR count). The lowest BCUT2D eigenvalue weighted by atomic mass is 9.75. The van der Waals surface area contributed by atoms with E-state index in [1.54, 1.807) is 0 Å². The Bertz CT molecular complexity index is 875. The lowest BCUT2D eigenvalue weighted by Crippen LogP contribution is -2.52. The number of imide groups is 1. The molecule has 0 radical (unpaired) electrons. The summed E-state index contributed by atoms with van der Waals surface area (Å²) in [6.07, 6.45) is 6.29. The third-order valence-electron chi connectivity index (χ3n) is 6.94. The van der Waals surface area contributed by atoms with Crippen LogP contribution in [0.2, 0.25) is 0 Å². The Balaban J connectivity index is 1.39. The second kappa shape index (κ2) is 9.30. The second-order valence-corrected chi connectivity index (χ2v) is 9.35. The van der Waals surface area contributed by atoms with Crippen LogP contribution in [-0.4, -0.2) is 52.8 Å². The van der Waals surface area contributed by atoms with Crippen LogP contribution in [0.25, 0.3) is 0 Å². The number of nitrogens with zero attached hydrogens (tertiary/aromatic N) is 1. The molecule has 32 heavy (non-hydrogen) atoms. The average molecular weight is 441 g/mol. The van der Waals surface area contributed by atoms with Gasteiger partial charge in [-0.1, -0.05) is 43.7 Å². The third kappa shape index (κ3) is 4.95. The van der Waals surface area contributed by atoms with Gasteiger partial charge in [-0.3, -0.25) is 19.3 Å². The first-order valence-electron chi connectivity index (χ1n) is 11.7. The van der Waals surface area contributed by atoms with E-state index in [1.165, 1.54) is 0 Å². The van der Waals surface area contributed by atoms with Crippen LogP contribution in [0.1, 0.15) is 57.4 Å². The molecule has 3 aliphatic rings. The Morgan fingerprint density at radius 1 is 1.12 bits per heavy atom. The van der Waals surface area contributed by atoms with Gasteiger partial charge in [0.15, 0.2) is 0 Å². The van der Waals surface area contributed by atoms with Crippen LogP contribution < -0.4 is 16.0 Å². The van der Waals surface area contributed by atoms with Crippen molar-refractivity contribution in [3.05, 3.63) is 35.9 Å². The van der Waals surface area contributed by atoms with Crippen LogP contribution in [0, 0.1) is 5.92 Å². The van der Waals surface area contributed by atoms with Crippen molar-refractivity contribution in [2.45, 2.75) is 75.9 Å². The van der Waals surface area contributed by atoms with Gasteiger partial charge >= 0.3 is 6.03 Å². The molecule has 1 saturated heterocycles. The lowest BCUT2D eigenvalue weighted by molar-refractivity contribution is -0.136. The molecule has 2 saturated carbocycles. The minimum absolute atomic E-state index is 0.168. The highest BCUT2D eigenvalue weighted by Gasteiger charge is 2.52. The Labute approximate surface area is 188 Å². The van der Waals surface area contributed by atoms with E-state index in [0.717, 1.165) is 42.6 Å². The van der Waals surface area contributed by atoms with Crippen LogP contribution in [0.3, 0.4) is 0 Å². The number of urea groups is 1. The molecule has 1 atom stereocenters. The number of carbonyl (C=O) groups excluding carboxylic acids is 4. The predicted molar refractivity (Wildman–Crippen MR) is 118 cm³/mol. The molecule has 172 valence electrons. The normalized spacial score (nSPS) is 26.0. The fourth-order valence-electron chi connectivity index (χ4n) is 4.71. The quantitative estimate of drug-likeness (QED) is 0.537. The fourth-order valence-corrected chi connectivity index (χ4v) is 4.71. The zero-order valence-electron chi connectivity index (χ0n) is 18.6. The van der Waals surface area contributed by atoms with E-state index in [-0.39, 0.29) is 24.4 Å². The molecule has 1 aliphatic heterocycles. The highest BCUT2D eigenvalue weighted by molar-refractivity contribution is 6.09. The van der Waals surface area contributed by atoms with E-state index in [0.29, 0.717) is 25.2 Å². The van der Waals surface area contributed by atoms with E-state index < -0.39 is 23.5 Å². The molecule has 1 aromatic carbocycles. The van der Waals surface area contributed by atoms with E-state index in [4.69, 9.17) is 0 Å². The summed E-state index contributed by atoms with van der Waals surface area (Å²) in [5.74, 6) is -0.503. The third-order valence-corrected chi connectivity index (χ3v) is 6.94. The summed E-state index contributed by atoms with van der Waals surface area (Å²) in [6, 6.07) is 8.33. The highest BCUT2D eigenvalue weighted by Crippen LogP contribution is 2.37. The van der Waals surface area contributed by atoms with Crippen LogP contribution in [0.15, 0.2) is 30.3 Å². The molecule has 1 spiro atoms. The predicted octanol–water partition coefficient (Wildman–Crippen LogP) is 1.88. The molecule has 1 heterocycles. The summed E-state index contributed by atoms with van der Waals surface area (Å²) in [5, 5.41) is 8.53. The van der Waals surface area contributed by atoms with Gasteiger partial charge in [-0.05, 0) is 50.0 Å². The Hall–Kier alpha value is -2.90. The van der Waals surface area contributed by atoms with Crippen molar-refractivity contribution in [1.82, 2.24) is 20.9 Å². The summed E-state index contributed by atoms with van der Waals surface area (Å²) in [5.41, 5.74) is 0.0425. The summed E-state index contributed by atoms with van der Waals surface area (Å²) in [6.45, 7) is 1.76. The van der Waals surface area contributed by atoms with Crippen molar-refractivity contribution in [3.8, 4) is 0 Å². The van der Waals surface area contributed by atoms with Crippen molar-refractivity contribution in [2.75, 3.05) is 6.54 Å². The summed E-state index contributed by atoms with van der Waals surface area (Å²) >= 11 is 0. The smallest absolute Gasteiger partial charge is 0.325 e. The zero-order chi connectivity index (χ0) is 22.7. The molecule has 0 bridgehead atoms. The van der Waals surface area contributed by atoms with Gasteiger partial charge in [0.25, 0.3) is 5.91 Å². The van der Waals surface area contributed by atoms with Crippen LogP contribution in [0.5, 0.6) is 0 Å². The van der Waals surface area contributed by atoms with E-state index in [2.05, 4.69) is 22.9 Å². The van der Waals surface area contributed by atoms with Crippen LogP contribution >= 0.6 is 0 Å². The molecule has 2 aliphatic carbocycles. The lowest BCUT2D eigenvalue weighted by Gasteiger charge is -2.34. The van der Waals surface area contributed by atoms with Gasteiger partial charge in [-0.25, -0.2) is 4.79 Å². The fraction of sp³-hybridized carbons (Fsp3) is 0.583. The van der Waals surface area contributed by atoms with Gasteiger partial charge in [-0.15, -0.1) is 0 Å². The van der Waals surface area contributed by atoms with Gasteiger partial charge in [0.1, 0.15) is 18.1 Å². The molecule has 3 fully saturated rings. The number of rotatable bonds is 8. The maximum absolute atomic E-state index is 13.1. The van der Waals surface area contributed by atoms with Gasteiger partial charge in [0.2, 0.25) is 11.8 Å². The van der Waals surface area contributed by atoms with Gasteiger partial charge in [0, 0.05) is 12.5 Å². The largest absolute Gasteiger partial charge is 0.352 e. The van der Waals surface area contributed by atoms with Crippen molar-refractivity contribution >= 4 is 23.8 Å². The molecule has 5 amide bonds. The topological polar surface area (TPSA) is 108 Å². The minimum atomic E-state index is -0.879. The molecule has 3 N–H and O–H groups in total. The maximum Gasteiger partial charge on any atom is 0.325 e. The zero-order valence-corrected chi connectivity index (χ0v) is 18.6. The number of hydrogen-bond donors (Lipinski definition) is 3. The molecule has 8 nitrogen and oxygen atoms in total.